The fourth-order valence-corrected chi connectivity index (χ4v) is 3.21. The molecule has 1 atom stereocenters. The van der Waals surface area contributed by atoms with Gasteiger partial charge in [-0.15, -0.1) is 0 Å². The maximum absolute atomic E-state index is 13.0. The molecule has 5 nitrogen and oxygen atoms in total. The molecule has 0 aromatic heterocycles. The van der Waals surface area contributed by atoms with Crippen LogP contribution in [-0.4, -0.2) is 42.5 Å². The Bertz CT molecular complexity index is 820. The zero-order valence-electron chi connectivity index (χ0n) is 18.6. The van der Waals surface area contributed by atoms with Crippen molar-refractivity contribution in [2.24, 2.45) is 0 Å². The summed E-state index contributed by atoms with van der Waals surface area (Å²) in [6.45, 7) is 8.84. The van der Waals surface area contributed by atoms with Crippen LogP contribution >= 0.6 is 0 Å². The first-order valence-electron chi connectivity index (χ1n) is 10.7. The Morgan fingerprint density at radius 1 is 1.07 bits per heavy atom. The third-order valence-corrected chi connectivity index (χ3v) is 5.39. The summed E-state index contributed by atoms with van der Waals surface area (Å²) in [4.78, 5) is 27.3. The van der Waals surface area contributed by atoms with Crippen molar-refractivity contribution < 1.29 is 14.3 Å². The Morgan fingerprint density at radius 3 is 2.50 bits per heavy atom. The molecule has 0 spiro atoms. The molecular weight excluding hydrogens is 376 g/mol. The van der Waals surface area contributed by atoms with Crippen LogP contribution in [0.3, 0.4) is 0 Å². The Labute approximate surface area is 180 Å². The van der Waals surface area contributed by atoms with Crippen molar-refractivity contribution >= 4 is 11.8 Å². The summed E-state index contributed by atoms with van der Waals surface area (Å²) in [6, 6.07) is 15.2. The van der Waals surface area contributed by atoms with Gasteiger partial charge in [0.25, 0.3) is 5.91 Å². The van der Waals surface area contributed by atoms with E-state index in [4.69, 9.17) is 4.74 Å². The van der Waals surface area contributed by atoms with Gasteiger partial charge in [-0.05, 0) is 56.4 Å². The van der Waals surface area contributed by atoms with Gasteiger partial charge in [-0.2, -0.15) is 0 Å². The molecular formula is C25H34N2O3. The van der Waals surface area contributed by atoms with Gasteiger partial charge in [-0.25, -0.2) is 0 Å². The van der Waals surface area contributed by atoms with E-state index in [0.717, 1.165) is 29.5 Å². The zero-order valence-corrected chi connectivity index (χ0v) is 18.6. The first-order valence-corrected chi connectivity index (χ1v) is 10.7. The average Bonchev–Trinajstić information content (AvgIpc) is 2.75. The molecule has 2 rings (SSSR count). The summed E-state index contributed by atoms with van der Waals surface area (Å²) in [5.41, 5.74) is 3.26. The summed E-state index contributed by atoms with van der Waals surface area (Å²) in [5.74, 6) is 0.382. The SMILES string of the molecule is CCCCNC(=O)[C@H](C)N(CCc1ccccc1)C(=O)COc1cccc(C)c1C. The molecule has 0 fully saturated rings. The predicted molar refractivity (Wildman–Crippen MR) is 121 cm³/mol. The van der Waals surface area contributed by atoms with Crippen LogP contribution in [0.25, 0.3) is 0 Å². The minimum atomic E-state index is -0.555. The van der Waals surface area contributed by atoms with Gasteiger partial charge in [0.2, 0.25) is 5.91 Å². The molecule has 1 N–H and O–H groups in total. The van der Waals surface area contributed by atoms with Crippen molar-refractivity contribution in [2.75, 3.05) is 19.7 Å². The van der Waals surface area contributed by atoms with Gasteiger partial charge in [0.15, 0.2) is 6.61 Å². The number of unbranched alkanes of at least 4 members (excludes halogenated alkanes) is 1. The molecule has 2 amide bonds. The highest BCUT2D eigenvalue weighted by Gasteiger charge is 2.26. The van der Waals surface area contributed by atoms with Crippen LogP contribution in [0.15, 0.2) is 48.5 Å². The minimum absolute atomic E-state index is 0.0916. The number of hydrogen-bond donors (Lipinski definition) is 1. The van der Waals surface area contributed by atoms with Crippen LogP contribution in [0.5, 0.6) is 5.75 Å². The van der Waals surface area contributed by atoms with Gasteiger partial charge in [-0.1, -0.05) is 55.8 Å². The lowest BCUT2D eigenvalue weighted by molar-refractivity contribution is -0.141. The summed E-state index contributed by atoms with van der Waals surface area (Å²) in [5, 5.41) is 2.93. The molecule has 2 aromatic carbocycles. The molecule has 0 aliphatic rings. The van der Waals surface area contributed by atoms with Crippen LogP contribution in [0.1, 0.15) is 43.4 Å². The standard InChI is InChI=1S/C25H34N2O3/c1-5-6-16-26-25(29)21(4)27(17-15-22-12-8-7-9-13-22)24(28)18-30-23-14-10-11-19(2)20(23)3/h7-14,21H,5-6,15-18H2,1-4H3,(H,26,29)/t21-/m0/s1. The number of carbonyl (C=O) groups excluding carboxylic acids is 2. The van der Waals surface area contributed by atoms with Gasteiger partial charge in [-0.3, -0.25) is 9.59 Å². The van der Waals surface area contributed by atoms with E-state index in [0.29, 0.717) is 25.3 Å². The molecule has 0 bridgehead atoms. The van der Waals surface area contributed by atoms with Gasteiger partial charge in [0.1, 0.15) is 11.8 Å². The summed E-state index contributed by atoms with van der Waals surface area (Å²) in [6.07, 6.45) is 2.61. The number of carbonyl (C=O) groups is 2. The van der Waals surface area contributed by atoms with E-state index in [-0.39, 0.29) is 18.4 Å². The Hall–Kier alpha value is -2.82. The second-order valence-electron chi connectivity index (χ2n) is 7.63. The van der Waals surface area contributed by atoms with Crippen LogP contribution in [0.4, 0.5) is 0 Å². The van der Waals surface area contributed by atoms with Crippen LogP contribution in [0, 0.1) is 13.8 Å². The third-order valence-electron chi connectivity index (χ3n) is 5.39. The maximum Gasteiger partial charge on any atom is 0.261 e. The molecule has 0 unspecified atom stereocenters. The lowest BCUT2D eigenvalue weighted by Gasteiger charge is -2.29. The van der Waals surface area contributed by atoms with Crippen molar-refractivity contribution in [2.45, 2.75) is 53.0 Å². The van der Waals surface area contributed by atoms with Crippen molar-refractivity contribution in [3.05, 3.63) is 65.2 Å². The van der Waals surface area contributed by atoms with E-state index in [1.165, 1.54) is 0 Å². The molecule has 0 aliphatic heterocycles. The number of nitrogens with one attached hydrogen (secondary N) is 1. The fraction of sp³-hybridized carbons (Fsp3) is 0.440. The number of rotatable bonds is 11. The van der Waals surface area contributed by atoms with E-state index < -0.39 is 6.04 Å². The molecule has 2 aromatic rings. The van der Waals surface area contributed by atoms with Crippen molar-refractivity contribution in [3.63, 3.8) is 0 Å². The number of amides is 2. The molecule has 0 aliphatic carbocycles. The quantitative estimate of drug-likeness (QED) is 0.569. The van der Waals surface area contributed by atoms with E-state index >= 15 is 0 Å². The Morgan fingerprint density at radius 2 is 1.80 bits per heavy atom. The number of ether oxygens (including phenoxy) is 1. The molecule has 0 radical (unpaired) electrons. The normalized spacial score (nSPS) is 11.6. The molecule has 5 heteroatoms. The summed E-state index contributed by atoms with van der Waals surface area (Å²) < 4.78 is 5.82. The monoisotopic (exact) mass is 410 g/mol. The number of benzene rings is 2. The van der Waals surface area contributed by atoms with Crippen LogP contribution < -0.4 is 10.1 Å². The Kier molecular flexibility index (Phi) is 9.39. The highest BCUT2D eigenvalue weighted by Crippen LogP contribution is 2.20. The zero-order chi connectivity index (χ0) is 21.9. The van der Waals surface area contributed by atoms with E-state index in [1.807, 2.05) is 62.4 Å². The highest BCUT2D eigenvalue weighted by molar-refractivity contribution is 5.88. The number of hydrogen-bond acceptors (Lipinski definition) is 3. The van der Waals surface area contributed by atoms with E-state index in [1.54, 1.807) is 11.8 Å². The van der Waals surface area contributed by atoms with Crippen molar-refractivity contribution in [1.29, 1.82) is 0 Å². The van der Waals surface area contributed by atoms with Gasteiger partial charge in [0, 0.05) is 13.1 Å². The topological polar surface area (TPSA) is 58.6 Å². The van der Waals surface area contributed by atoms with Gasteiger partial charge in [0.05, 0.1) is 0 Å². The number of aryl methyl sites for hydroxylation is 1. The number of nitrogens with zero attached hydrogens (tertiary/aromatic N) is 1. The van der Waals surface area contributed by atoms with Gasteiger partial charge >= 0.3 is 0 Å². The molecule has 0 heterocycles. The van der Waals surface area contributed by atoms with Crippen LogP contribution in [0.2, 0.25) is 0 Å². The largest absolute Gasteiger partial charge is 0.483 e. The summed E-state index contributed by atoms with van der Waals surface area (Å²) >= 11 is 0. The molecule has 0 saturated carbocycles. The maximum atomic E-state index is 13.0. The minimum Gasteiger partial charge on any atom is -0.483 e. The first kappa shape index (κ1) is 23.5. The second-order valence-corrected chi connectivity index (χ2v) is 7.63. The Balaban J connectivity index is 2.07. The summed E-state index contributed by atoms with van der Waals surface area (Å²) in [7, 11) is 0. The van der Waals surface area contributed by atoms with E-state index in [9.17, 15) is 9.59 Å². The average molecular weight is 411 g/mol. The smallest absolute Gasteiger partial charge is 0.261 e. The van der Waals surface area contributed by atoms with E-state index in [2.05, 4.69) is 12.2 Å². The van der Waals surface area contributed by atoms with Crippen molar-refractivity contribution in [3.8, 4) is 5.75 Å². The highest BCUT2D eigenvalue weighted by atomic mass is 16.5. The fourth-order valence-electron chi connectivity index (χ4n) is 3.21. The molecule has 0 saturated heterocycles. The predicted octanol–water partition coefficient (Wildman–Crippen LogP) is 4.06. The van der Waals surface area contributed by atoms with Gasteiger partial charge < -0.3 is 15.0 Å². The molecule has 162 valence electrons. The first-order chi connectivity index (χ1) is 14.4. The lowest BCUT2D eigenvalue weighted by Crippen LogP contribution is -2.50. The second kappa shape index (κ2) is 12.0. The molecule has 30 heavy (non-hydrogen) atoms. The van der Waals surface area contributed by atoms with Crippen LogP contribution in [-0.2, 0) is 16.0 Å². The lowest BCUT2D eigenvalue weighted by atomic mass is 10.1. The van der Waals surface area contributed by atoms with Crippen molar-refractivity contribution in [1.82, 2.24) is 10.2 Å². The third kappa shape index (κ3) is 6.90.